The molecule has 0 aliphatic heterocycles. The smallest absolute Gasteiger partial charge is 0.272 e. The van der Waals surface area contributed by atoms with Crippen molar-refractivity contribution in [3.63, 3.8) is 0 Å². The van der Waals surface area contributed by atoms with Gasteiger partial charge in [-0.05, 0) is 55.4 Å². The van der Waals surface area contributed by atoms with Crippen LogP contribution in [0.4, 0.5) is 4.39 Å². The van der Waals surface area contributed by atoms with Crippen LogP contribution >= 0.6 is 0 Å². The number of fused-ring (bicyclic) bond motifs is 2. The number of aromatic nitrogens is 3. The summed E-state index contributed by atoms with van der Waals surface area (Å²) < 4.78 is 38.0. The molecule has 0 radical (unpaired) electrons. The van der Waals surface area contributed by atoms with E-state index in [1.165, 1.54) is 12.1 Å². The lowest BCUT2D eigenvalue weighted by molar-refractivity contribution is -0.0197. The maximum Gasteiger partial charge on any atom is 0.272 e. The number of carbonyl (C=O) groups is 1. The molecular formula is C25H23FN4O4S. The molecule has 2 heterocycles. The molecule has 2 saturated carbocycles. The van der Waals surface area contributed by atoms with Gasteiger partial charge in [-0.25, -0.2) is 17.9 Å². The number of amides is 1. The minimum absolute atomic E-state index is 0.0151. The lowest BCUT2D eigenvalue weighted by atomic mass is 9.49. The van der Waals surface area contributed by atoms with Crippen LogP contribution in [0.15, 0.2) is 52.2 Å². The van der Waals surface area contributed by atoms with Gasteiger partial charge in [0, 0.05) is 29.0 Å². The highest BCUT2D eigenvalue weighted by molar-refractivity contribution is 7.91. The van der Waals surface area contributed by atoms with Crippen LogP contribution in [-0.4, -0.2) is 41.8 Å². The molecule has 0 bridgehead atoms. The Labute approximate surface area is 199 Å². The largest absolute Gasteiger partial charge is 0.349 e. The highest BCUT2D eigenvalue weighted by atomic mass is 32.2. The van der Waals surface area contributed by atoms with E-state index in [2.05, 4.69) is 20.5 Å². The minimum Gasteiger partial charge on any atom is -0.349 e. The van der Waals surface area contributed by atoms with Gasteiger partial charge < -0.3 is 10.3 Å². The first kappa shape index (κ1) is 22.0. The van der Waals surface area contributed by atoms with Gasteiger partial charge in [0.2, 0.25) is 0 Å². The zero-order valence-electron chi connectivity index (χ0n) is 18.9. The predicted octanol–water partition coefficient (Wildman–Crippen LogP) is 3.40. The molecule has 2 fully saturated rings. The van der Waals surface area contributed by atoms with Crippen LogP contribution < -0.4 is 10.9 Å². The lowest BCUT2D eigenvalue weighted by Gasteiger charge is -2.57. The number of hydrogen-bond acceptors (Lipinski definition) is 5. The van der Waals surface area contributed by atoms with Crippen molar-refractivity contribution < 1.29 is 17.6 Å². The average molecular weight is 495 g/mol. The van der Waals surface area contributed by atoms with E-state index < -0.39 is 15.7 Å². The number of nitrogens with zero attached hydrogens (tertiary/aromatic N) is 1. The summed E-state index contributed by atoms with van der Waals surface area (Å²) in [4.78, 5) is 27.6. The second-order valence-corrected chi connectivity index (χ2v) is 12.0. The Bertz CT molecular complexity index is 1680. The maximum absolute atomic E-state index is 13.9. The van der Waals surface area contributed by atoms with E-state index in [0.717, 1.165) is 49.1 Å². The fourth-order valence-electron chi connectivity index (χ4n) is 5.90. The van der Waals surface area contributed by atoms with E-state index in [-0.39, 0.29) is 44.9 Å². The number of H-pyrrole nitrogens is 2. The van der Waals surface area contributed by atoms with Gasteiger partial charge in [0.1, 0.15) is 11.5 Å². The molecule has 0 atom stereocenters. The number of nitrogens with one attached hydrogen (secondary N) is 3. The van der Waals surface area contributed by atoms with Crippen LogP contribution in [0.2, 0.25) is 0 Å². The molecule has 35 heavy (non-hydrogen) atoms. The van der Waals surface area contributed by atoms with E-state index in [4.69, 9.17) is 0 Å². The summed E-state index contributed by atoms with van der Waals surface area (Å²) in [7, 11) is -3.66. The quantitative estimate of drug-likeness (QED) is 0.401. The number of hydrogen-bond donors (Lipinski definition) is 3. The van der Waals surface area contributed by atoms with Crippen molar-refractivity contribution in [1.82, 2.24) is 20.5 Å². The van der Waals surface area contributed by atoms with Crippen molar-refractivity contribution in [3.8, 4) is 0 Å². The van der Waals surface area contributed by atoms with E-state index in [9.17, 15) is 22.4 Å². The Morgan fingerprint density at radius 3 is 2.54 bits per heavy atom. The minimum atomic E-state index is -3.66. The third kappa shape index (κ3) is 3.63. The molecule has 3 N–H and O–H groups in total. The molecule has 8 nitrogen and oxygen atoms in total. The highest BCUT2D eigenvalue weighted by Gasteiger charge is 2.54. The maximum atomic E-state index is 13.9. The van der Waals surface area contributed by atoms with Gasteiger partial charge >= 0.3 is 0 Å². The van der Waals surface area contributed by atoms with Crippen LogP contribution in [-0.2, 0) is 9.84 Å². The van der Waals surface area contributed by atoms with Gasteiger partial charge in [0.15, 0.2) is 9.84 Å². The Morgan fingerprint density at radius 1 is 1.11 bits per heavy atom. The summed E-state index contributed by atoms with van der Waals surface area (Å²) in [5.74, 6) is -0.745. The van der Waals surface area contributed by atoms with Crippen molar-refractivity contribution in [3.05, 3.63) is 70.0 Å². The monoisotopic (exact) mass is 494 g/mol. The number of benzene rings is 2. The van der Waals surface area contributed by atoms with Gasteiger partial charge in [-0.2, -0.15) is 5.10 Å². The molecule has 2 aromatic carbocycles. The molecule has 4 aromatic rings. The molecule has 1 spiro atoms. The van der Waals surface area contributed by atoms with Crippen LogP contribution in [0, 0.1) is 11.2 Å². The first-order chi connectivity index (χ1) is 16.6. The van der Waals surface area contributed by atoms with Crippen LogP contribution in [0.1, 0.15) is 47.8 Å². The molecule has 0 saturated heterocycles. The zero-order valence-corrected chi connectivity index (χ0v) is 19.7. The summed E-state index contributed by atoms with van der Waals surface area (Å²) in [6.45, 7) is 0. The van der Waals surface area contributed by atoms with Gasteiger partial charge in [-0.3, -0.25) is 9.59 Å². The Hall–Kier alpha value is -3.53. The van der Waals surface area contributed by atoms with Crippen LogP contribution in [0.3, 0.4) is 0 Å². The second kappa shape index (κ2) is 7.48. The van der Waals surface area contributed by atoms with Crippen LogP contribution in [0.25, 0.3) is 21.7 Å². The van der Waals surface area contributed by atoms with Crippen molar-refractivity contribution in [1.29, 1.82) is 0 Å². The summed E-state index contributed by atoms with van der Waals surface area (Å²) in [6.07, 6.45) is 4.60. The number of sulfone groups is 1. The lowest BCUT2D eigenvalue weighted by Crippen LogP contribution is -2.55. The number of halogens is 1. The number of aromatic amines is 2. The van der Waals surface area contributed by atoms with Gasteiger partial charge in [-0.1, -0.05) is 18.2 Å². The number of carbonyl (C=O) groups excluding carboxylic acids is 1. The SMILES string of the molecule is CS(=O)(=O)c1cc(F)cc2cc(C(=O)N[C@H]3CC4(C3)C[C@H](c3n[nH]c(=O)c5ccccc53)C4)[nH]c12. The molecule has 6 rings (SSSR count). The Balaban J connectivity index is 1.13. The van der Waals surface area contributed by atoms with E-state index in [1.807, 2.05) is 18.2 Å². The Kier molecular flexibility index (Phi) is 4.70. The van der Waals surface area contributed by atoms with Gasteiger partial charge in [0.05, 0.1) is 21.5 Å². The predicted molar refractivity (Wildman–Crippen MR) is 129 cm³/mol. The summed E-state index contributed by atoms with van der Waals surface area (Å²) in [5.41, 5.74) is 1.33. The van der Waals surface area contributed by atoms with Crippen LogP contribution in [0.5, 0.6) is 0 Å². The Morgan fingerprint density at radius 2 is 1.83 bits per heavy atom. The average Bonchev–Trinajstić information content (AvgIpc) is 3.18. The molecule has 1 amide bonds. The van der Waals surface area contributed by atoms with Gasteiger partial charge in [-0.15, -0.1) is 0 Å². The summed E-state index contributed by atoms with van der Waals surface area (Å²) in [6, 6.07) is 11.1. The molecular weight excluding hydrogens is 471 g/mol. The van der Waals surface area contributed by atoms with Crippen molar-refractivity contribution in [2.24, 2.45) is 5.41 Å². The highest BCUT2D eigenvalue weighted by Crippen LogP contribution is 2.62. The number of rotatable bonds is 4. The molecule has 0 unspecified atom stereocenters. The molecule has 180 valence electrons. The first-order valence-electron chi connectivity index (χ1n) is 11.4. The van der Waals surface area contributed by atoms with E-state index in [1.54, 1.807) is 6.07 Å². The normalized spacial score (nSPS) is 23.8. The summed E-state index contributed by atoms with van der Waals surface area (Å²) >= 11 is 0. The van der Waals surface area contributed by atoms with Gasteiger partial charge in [0.25, 0.3) is 11.5 Å². The molecule has 2 aliphatic rings. The summed E-state index contributed by atoms with van der Waals surface area (Å²) in [5, 5.41) is 11.8. The molecule has 10 heteroatoms. The fraction of sp³-hybridized carbons (Fsp3) is 0.320. The van der Waals surface area contributed by atoms with E-state index in [0.29, 0.717) is 10.8 Å². The van der Waals surface area contributed by atoms with Crippen molar-refractivity contribution >= 4 is 37.4 Å². The molecule has 2 aromatic heterocycles. The fourth-order valence-corrected chi connectivity index (χ4v) is 6.77. The van der Waals surface area contributed by atoms with Crippen molar-refractivity contribution in [2.45, 2.75) is 42.5 Å². The first-order valence-corrected chi connectivity index (χ1v) is 13.3. The van der Waals surface area contributed by atoms with Crippen molar-refractivity contribution in [2.75, 3.05) is 6.26 Å². The van der Waals surface area contributed by atoms with E-state index >= 15 is 0 Å². The molecule has 2 aliphatic carbocycles. The second-order valence-electron chi connectivity index (χ2n) is 9.99. The third-order valence-electron chi connectivity index (χ3n) is 7.47. The third-order valence-corrected chi connectivity index (χ3v) is 8.59. The topological polar surface area (TPSA) is 125 Å². The zero-order chi connectivity index (χ0) is 24.5. The standard InChI is InChI=1S/C25H23FN4O4S/c1-35(33,34)20-8-15(26)6-13-7-19(28-22(13)20)24(32)27-16-11-25(12-16)9-14(10-25)21-17-4-2-3-5-18(17)23(31)30-29-21/h2-8,14,16,28H,9-12H2,1H3,(H,27,32)(H,30,31)/t14-,16-,25?.